The Morgan fingerprint density at radius 1 is 1.46 bits per heavy atom. The minimum atomic E-state index is -0.196. The number of rotatable bonds is 0. The standard InChI is InChI=1S/C8H3BrINO2/c9-4-1-2-5-6(3-4)11(13)8(10)7(5)12/h1-3H. The van der Waals surface area contributed by atoms with Crippen LogP contribution in [0.15, 0.2) is 22.7 Å². The molecule has 13 heavy (non-hydrogen) atoms. The fraction of sp³-hybridized carbons (Fsp3) is 0. The van der Waals surface area contributed by atoms with Crippen LogP contribution < -0.4 is 0 Å². The lowest BCUT2D eigenvalue weighted by atomic mass is 10.1. The van der Waals surface area contributed by atoms with Crippen molar-refractivity contribution in [1.82, 2.24) is 0 Å². The molecule has 0 bridgehead atoms. The number of halogens is 2. The third-order valence-corrected chi connectivity index (χ3v) is 3.21. The van der Waals surface area contributed by atoms with Gasteiger partial charge in [-0.05, 0) is 12.1 Å². The molecule has 66 valence electrons. The van der Waals surface area contributed by atoms with Gasteiger partial charge in [-0.2, -0.15) is 4.74 Å². The van der Waals surface area contributed by atoms with E-state index in [2.05, 4.69) is 15.9 Å². The minimum Gasteiger partial charge on any atom is -0.617 e. The fourth-order valence-corrected chi connectivity index (χ4v) is 2.07. The number of ketones is 1. The van der Waals surface area contributed by atoms with E-state index in [4.69, 9.17) is 0 Å². The maximum absolute atomic E-state index is 11.4. The Balaban J connectivity index is 2.72. The number of Topliss-reactive ketones (excluding diaryl/α,β-unsaturated/α-hetero) is 1. The summed E-state index contributed by atoms with van der Waals surface area (Å²) in [5, 5.41) is 11.4. The number of benzene rings is 1. The summed E-state index contributed by atoms with van der Waals surface area (Å²) in [4.78, 5) is 11.4. The minimum absolute atomic E-state index is 0.196. The molecule has 1 aromatic carbocycles. The van der Waals surface area contributed by atoms with Crippen LogP contribution in [0.5, 0.6) is 0 Å². The van der Waals surface area contributed by atoms with Gasteiger partial charge in [0, 0.05) is 33.1 Å². The van der Waals surface area contributed by atoms with Crippen LogP contribution in [0.4, 0.5) is 5.69 Å². The first-order valence-electron chi connectivity index (χ1n) is 3.45. The molecule has 0 aliphatic carbocycles. The Labute approximate surface area is 96.3 Å². The van der Waals surface area contributed by atoms with Gasteiger partial charge < -0.3 is 5.21 Å². The van der Waals surface area contributed by atoms with E-state index in [1.54, 1.807) is 40.8 Å². The Morgan fingerprint density at radius 3 is 2.85 bits per heavy atom. The van der Waals surface area contributed by atoms with E-state index < -0.39 is 0 Å². The highest BCUT2D eigenvalue weighted by molar-refractivity contribution is 14.1. The number of hydrogen-bond acceptors (Lipinski definition) is 2. The average Bonchev–Trinajstić information content (AvgIpc) is 2.32. The monoisotopic (exact) mass is 351 g/mol. The molecule has 1 aliphatic heterocycles. The molecule has 1 aromatic rings. The molecule has 0 atom stereocenters. The van der Waals surface area contributed by atoms with Gasteiger partial charge in [0.2, 0.25) is 5.69 Å². The first-order chi connectivity index (χ1) is 6.11. The summed E-state index contributed by atoms with van der Waals surface area (Å²) in [6, 6.07) is 5.05. The molecule has 0 aromatic heterocycles. The normalized spacial score (nSPS) is 15.1. The van der Waals surface area contributed by atoms with Gasteiger partial charge in [0.05, 0.1) is 0 Å². The van der Waals surface area contributed by atoms with E-state index in [1.807, 2.05) is 0 Å². The maximum Gasteiger partial charge on any atom is 0.301 e. The molecule has 0 amide bonds. The molecule has 3 nitrogen and oxygen atoms in total. The summed E-state index contributed by atoms with van der Waals surface area (Å²) in [6.45, 7) is 0. The summed E-state index contributed by atoms with van der Waals surface area (Å²) in [7, 11) is 0. The van der Waals surface area contributed by atoms with Gasteiger partial charge >= 0.3 is 3.72 Å². The third-order valence-electron chi connectivity index (χ3n) is 1.79. The van der Waals surface area contributed by atoms with Crippen LogP contribution in [-0.4, -0.2) is 14.2 Å². The van der Waals surface area contributed by atoms with Crippen LogP contribution in [0.1, 0.15) is 10.4 Å². The highest BCUT2D eigenvalue weighted by atomic mass is 127. The predicted molar refractivity (Wildman–Crippen MR) is 60.8 cm³/mol. The first-order valence-corrected chi connectivity index (χ1v) is 5.32. The molecule has 0 radical (unpaired) electrons. The van der Waals surface area contributed by atoms with Crippen LogP contribution in [-0.2, 0) is 0 Å². The lowest BCUT2D eigenvalue weighted by molar-refractivity contribution is -0.351. The highest BCUT2D eigenvalue weighted by Gasteiger charge is 2.33. The van der Waals surface area contributed by atoms with Crippen molar-refractivity contribution in [3.05, 3.63) is 33.4 Å². The SMILES string of the molecule is O=C1C(I)=[N+]([O-])c2cc(Br)ccc21. The molecular formula is C8H3BrINO2. The van der Waals surface area contributed by atoms with Crippen molar-refractivity contribution in [2.24, 2.45) is 0 Å². The zero-order valence-corrected chi connectivity index (χ0v) is 10.00. The third kappa shape index (κ3) is 1.30. The molecule has 0 unspecified atom stereocenters. The Morgan fingerprint density at radius 2 is 2.15 bits per heavy atom. The van der Waals surface area contributed by atoms with Gasteiger partial charge in [0.15, 0.2) is 0 Å². The molecule has 0 saturated heterocycles. The van der Waals surface area contributed by atoms with Crippen LogP contribution in [0.3, 0.4) is 0 Å². The first kappa shape index (κ1) is 9.14. The number of carbonyl (C=O) groups is 1. The molecule has 0 fully saturated rings. The van der Waals surface area contributed by atoms with Gasteiger partial charge in [-0.25, -0.2) is 0 Å². The molecule has 1 aliphatic rings. The van der Waals surface area contributed by atoms with Crippen LogP contribution >= 0.6 is 38.5 Å². The summed E-state index contributed by atoms with van der Waals surface area (Å²) >= 11 is 5.00. The van der Waals surface area contributed by atoms with Crippen molar-refractivity contribution in [2.45, 2.75) is 0 Å². The van der Waals surface area contributed by atoms with Crippen molar-refractivity contribution >= 4 is 53.7 Å². The summed E-state index contributed by atoms with van der Waals surface area (Å²) in [6.07, 6.45) is 0. The van der Waals surface area contributed by atoms with Crippen LogP contribution in [0, 0.1) is 5.21 Å². The van der Waals surface area contributed by atoms with E-state index in [1.165, 1.54) is 0 Å². The average molecular weight is 352 g/mol. The second-order valence-corrected chi connectivity index (χ2v) is 4.51. The van der Waals surface area contributed by atoms with Gasteiger partial charge in [-0.15, -0.1) is 0 Å². The second-order valence-electron chi connectivity index (χ2n) is 2.58. The van der Waals surface area contributed by atoms with Gasteiger partial charge in [-0.1, -0.05) is 15.9 Å². The van der Waals surface area contributed by atoms with E-state index in [-0.39, 0.29) is 9.50 Å². The Bertz CT molecular complexity index is 442. The number of hydrogen-bond donors (Lipinski definition) is 0. The number of fused-ring (bicyclic) bond motifs is 1. The molecule has 0 spiro atoms. The topological polar surface area (TPSA) is 43.1 Å². The fourth-order valence-electron chi connectivity index (χ4n) is 1.17. The molecule has 0 N–H and O–H groups in total. The smallest absolute Gasteiger partial charge is 0.301 e. The Hall–Kier alpha value is -0.430. The van der Waals surface area contributed by atoms with Gasteiger partial charge in [-0.3, -0.25) is 4.79 Å². The lowest BCUT2D eigenvalue weighted by Gasteiger charge is -1.98. The number of nitrogens with zero attached hydrogens (tertiary/aromatic N) is 1. The quantitative estimate of drug-likeness (QED) is 0.409. The van der Waals surface area contributed by atoms with E-state index >= 15 is 0 Å². The lowest BCUT2D eigenvalue weighted by Crippen LogP contribution is -2.05. The van der Waals surface area contributed by atoms with Crippen LogP contribution in [0.25, 0.3) is 0 Å². The molecule has 2 rings (SSSR count). The van der Waals surface area contributed by atoms with Crippen molar-refractivity contribution in [3.8, 4) is 0 Å². The molecular weight excluding hydrogens is 349 g/mol. The highest BCUT2D eigenvalue weighted by Crippen LogP contribution is 2.30. The second kappa shape index (κ2) is 3.06. The van der Waals surface area contributed by atoms with Gasteiger partial charge in [0.25, 0.3) is 5.78 Å². The number of carbonyl (C=O) groups excluding carboxylic acids is 1. The van der Waals surface area contributed by atoms with Crippen molar-refractivity contribution in [3.63, 3.8) is 0 Å². The molecule has 1 heterocycles. The summed E-state index contributed by atoms with van der Waals surface area (Å²) in [5.41, 5.74) is 0.895. The van der Waals surface area contributed by atoms with Gasteiger partial charge in [0.1, 0.15) is 5.56 Å². The zero-order valence-electron chi connectivity index (χ0n) is 6.25. The van der Waals surface area contributed by atoms with Crippen molar-refractivity contribution in [1.29, 1.82) is 0 Å². The van der Waals surface area contributed by atoms with E-state index in [0.717, 1.165) is 4.47 Å². The molecule has 5 heteroatoms. The van der Waals surface area contributed by atoms with E-state index in [0.29, 0.717) is 16.0 Å². The summed E-state index contributed by atoms with van der Waals surface area (Å²) < 4.78 is 1.65. The van der Waals surface area contributed by atoms with Crippen molar-refractivity contribution in [2.75, 3.05) is 0 Å². The van der Waals surface area contributed by atoms with E-state index in [9.17, 15) is 10.0 Å². The largest absolute Gasteiger partial charge is 0.617 e. The van der Waals surface area contributed by atoms with Crippen molar-refractivity contribution < 1.29 is 9.53 Å². The maximum atomic E-state index is 11.4. The summed E-state index contributed by atoms with van der Waals surface area (Å²) in [5.74, 6) is -0.196. The predicted octanol–water partition coefficient (Wildman–Crippen LogP) is 2.62. The van der Waals surface area contributed by atoms with Crippen LogP contribution in [0.2, 0.25) is 0 Å². The Kier molecular flexibility index (Phi) is 2.15. The zero-order chi connectivity index (χ0) is 9.59. The molecule has 0 saturated carbocycles.